The first-order valence-electron chi connectivity index (χ1n) is 6.33. The van der Waals surface area contributed by atoms with E-state index in [0.29, 0.717) is 11.2 Å². The van der Waals surface area contributed by atoms with E-state index < -0.39 is 0 Å². The molecule has 0 aliphatic carbocycles. The zero-order valence-corrected chi connectivity index (χ0v) is 11.3. The maximum Gasteiger partial charge on any atom is 0.265 e. The van der Waals surface area contributed by atoms with Crippen molar-refractivity contribution in [1.82, 2.24) is 9.55 Å². The molecule has 100 valence electrons. The van der Waals surface area contributed by atoms with Gasteiger partial charge in [-0.3, -0.25) is 9.36 Å². The lowest BCUT2D eigenvalue weighted by Crippen LogP contribution is -2.22. The molecule has 0 aliphatic heterocycles. The van der Waals surface area contributed by atoms with E-state index in [1.165, 1.54) is 0 Å². The Balaban J connectivity index is 2.27. The Kier molecular flexibility index (Phi) is 2.99. The van der Waals surface area contributed by atoms with Crippen molar-refractivity contribution in [2.24, 2.45) is 0 Å². The normalized spacial score (nSPS) is 10.7. The second-order valence-electron chi connectivity index (χ2n) is 4.51. The van der Waals surface area contributed by atoms with Crippen molar-refractivity contribution < 1.29 is 4.74 Å². The van der Waals surface area contributed by atoms with Gasteiger partial charge in [-0.15, -0.1) is 0 Å². The quantitative estimate of drug-likeness (QED) is 0.716. The predicted octanol–water partition coefficient (Wildman–Crippen LogP) is 2.70. The third-order valence-electron chi connectivity index (χ3n) is 3.27. The molecule has 4 heteroatoms. The highest BCUT2D eigenvalue weighted by molar-refractivity contribution is 5.77. The lowest BCUT2D eigenvalue weighted by atomic mass is 10.2. The Labute approximate surface area is 116 Å². The topological polar surface area (TPSA) is 44.1 Å². The number of para-hydroxylation sites is 1. The van der Waals surface area contributed by atoms with Gasteiger partial charge in [0.2, 0.25) is 0 Å². The van der Waals surface area contributed by atoms with E-state index in [0.717, 1.165) is 17.0 Å². The van der Waals surface area contributed by atoms with Crippen LogP contribution in [0.1, 0.15) is 5.82 Å². The molecule has 0 atom stereocenters. The molecule has 0 spiro atoms. The highest BCUT2D eigenvalue weighted by Gasteiger charge is 2.09. The molecule has 1 heterocycles. The number of hydrogen-bond acceptors (Lipinski definition) is 3. The number of nitrogens with zero attached hydrogens (tertiary/aromatic N) is 2. The van der Waals surface area contributed by atoms with Gasteiger partial charge >= 0.3 is 0 Å². The Morgan fingerprint density at radius 1 is 1.05 bits per heavy atom. The van der Waals surface area contributed by atoms with Gasteiger partial charge in [0.15, 0.2) is 0 Å². The highest BCUT2D eigenvalue weighted by Crippen LogP contribution is 2.16. The molecule has 0 unspecified atom stereocenters. The molecule has 3 rings (SSSR count). The van der Waals surface area contributed by atoms with Gasteiger partial charge in [-0.05, 0) is 43.3 Å². The number of hydrogen-bond donors (Lipinski definition) is 0. The van der Waals surface area contributed by atoms with Crippen LogP contribution < -0.4 is 10.3 Å². The van der Waals surface area contributed by atoms with Crippen molar-refractivity contribution >= 4 is 10.9 Å². The van der Waals surface area contributed by atoms with Gasteiger partial charge < -0.3 is 4.74 Å². The van der Waals surface area contributed by atoms with Crippen LogP contribution in [0.25, 0.3) is 16.6 Å². The van der Waals surface area contributed by atoms with Crippen LogP contribution in [0.4, 0.5) is 0 Å². The first-order valence-corrected chi connectivity index (χ1v) is 6.33. The molecule has 0 saturated heterocycles. The van der Waals surface area contributed by atoms with Crippen molar-refractivity contribution in [3.63, 3.8) is 0 Å². The number of aromatic nitrogens is 2. The van der Waals surface area contributed by atoms with Crippen molar-refractivity contribution in [1.29, 1.82) is 0 Å². The first kappa shape index (κ1) is 12.4. The number of aryl methyl sites for hydroxylation is 1. The van der Waals surface area contributed by atoms with E-state index in [2.05, 4.69) is 4.98 Å². The molecule has 0 saturated carbocycles. The van der Waals surface area contributed by atoms with E-state index in [4.69, 9.17) is 4.74 Å². The minimum Gasteiger partial charge on any atom is -0.497 e. The number of methoxy groups -OCH3 is 1. The average molecular weight is 266 g/mol. The Bertz CT molecular complexity index is 820. The van der Waals surface area contributed by atoms with Crippen LogP contribution >= 0.6 is 0 Å². The summed E-state index contributed by atoms with van der Waals surface area (Å²) in [5.74, 6) is 1.42. The largest absolute Gasteiger partial charge is 0.497 e. The van der Waals surface area contributed by atoms with Gasteiger partial charge in [0.05, 0.1) is 23.7 Å². The summed E-state index contributed by atoms with van der Waals surface area (Å²) in [5.41, 5.74) is 1.45. The minimum atomic E-state index is -0.0572. The van der Waals surface area contributed by atoms with Crippen LogP contribution in [-0.2, 0) is 0 Å². The second kappa shape index (κ2) is 4.81. The fourth-order valence-corrected chi connectivity index (χ4v) is 2.28. The maximum absolute atomic E-state index is 12.6. The zero-order valence-electron chi connectivity index (χ0n) is 11.3. The molecule has 0 bridgehead atoms. The number of ether oxygens (including phenoxy) is 1. The van der Waals surface area contributed by atoms with Crippen LogP contribution in [-0.4, -0.2) is 16.7 Å². The molecule has 0 fully saturated rings. The van der Waals surface area contributed by atoms with Crippen molar-refractivity contribution in [3.05, 3.63) is 64.7 Å². The van der Waals surface area contributed by atoms with Crippen LogP contribution in [0.3, 0.4) is 0 Å². The SMILES string of the molecule is COc1ccc(-n2c(C)nc3ccccc3c2=O)cc1. The summed E-state index contributed by atoms with van der Waals surface area (Å²) in [7, 11) is 1.62. The van der Waals surface area contributed by atoms with Gasteiger partial charge in [0, 0.05) is 0 Å². The fraction of sp³-hybridized carbons (Fsp3) is 0.125. The summed E-state index contributed by atoms with van der Waals surface area (Å²) in [5, 5.41) is 0.619. The number of benzene rings is 2. The smallest absolute Gasteiger partial charge is 0.265 e. The maximum atomic E-state index is 12.6. The van der Waals surface area contributed by atoms with Crippen molar-refractivity contribution in [3.8, 4) is 11.4 Å². The number of fused-ring (bicyclic) bond motifs is 1. The average Bonchev–Trinajstić information content (AvgIpc) is 2.48. The molecule has 20 heavy (non-hydrogen) atoms. The molecule has 0 aliphatic rings. The van der Waals surface area contributed by atoms with E-state index in [1.54, 1.807) is 17.7 Å². The summed E-state index contributed by atoms with van der Waals surface area (Å²) < 4.78 is 6.75. The predicted molar refractivity (Wildman–Crippen MR) is 78.6 cm³/mol. The van der Waals surface area contributed by atoms with Gasteiger partial charge in [-0.2, -0.15) is 0 Å². The van der Waals surface area contributed by atoms with Crippen LogP contribution in [0, 0.1) is 6.92 Å². The molecular weight excluding hydrogens is 252 g/mol. The summed E-state index contributed by atoms with van der Waals surface area (Å²) in [6, 6.07) is 14.7. The van der Waals surface area contributed by atoms with Crippen LogP contribution in [0.5, 0.6) is 5.75 Å². The molecular formula is C16H14N2O2. The zero-order chi connectivity index (χ0) is 14.1. The van der Waals surface area contributed by atoms with Gasteiger partial charge in [-0.25, -0.2) is 4.98 Å². The Morgan fingerprint density at radius 3 is 2.45 bits per heavy atom. The van der Waals surface area contributed by atoms with Gasteiger partial charge in [0.1, 0.15) is 11.6 Å². The summed E-state index contributed by atoms with van der Waals surface area (Å²) in [6.45, 7) is 1.83. The van der Waals surface area contributed by atoms with Crippen molar-refractivity contribution in [2.45, 2.75) is 6.92 Å². The molecule has 4 nitrogen and oxygen atoms in total. The molecule has 0 radical (unpaired) electrons. The number of rotatable bonds is 2. The molecule has 3 aromatic rings. The van der Waals surface area contributed by atoms with Crippen LogP contribution in [0.2, 0.25) is 0 Å². The Hall–Kier alpha value is -2.62. The highest BCUT2D eigenvalue weighted by atomic mass is 16.5. The Morgan fingerprint density at radius 2 is 1.75 bits per heavy atom. The van der Waals surface area contributed by atoms with E-state index in [9.17, 15) is 4.79 Å². The summed E-state index contributed by atoms with van der Waals surface area (Å²) in [4.78, 5) is 17.1. The molecule has 2 aromatic carbocycles. The second-order valence-corrected chi connectivity index (χ2v) is 4.51. The standard InChI is InChI=1S/C16H14N2O2/c1-11-17-15-6-4-3-5-14(15)16(19)18(11)12-7-9-13(20-2)10-8-12/h3-10H,1-2H3. The third kappa shape index (κ3) is 1.95. The fourth-order valence-electron chi connectivity index (χ4n) is 2.28. The van der Waals surface area contributed by atoms with E-state index in [1.807, 2.05) is 49.4 Å². The minimum absolute atomic E-state index is 0.0572. The molecule has 1 aromatic heterocycles. The summed E-state index contributed by atoms with van der Waals surface area (Å²) >= 11 is 0. The first-order chi connectivity index (χ1) is 9.70. The van der Waals surface area contributed by atoms with E-state index in [-0.39, 0.29) is 5.56 Å². The van der Waals surface area contributed by atoms with Crippen LogP contribution in [0.15, 0.2) is 53.3 Å². The van der Waals surface area contributed by atoms with E-state index >= 15 is 0 Å². The third-order valence-corrected chi connectivity index (χ3v) is 3.27. The van der Waals surface area contributed by atoms with Gasteiger partial charge in [-0.1, -0.05) is 12.1 Å². The monoisotopic (exact) mass is 266 g/mol. The lowest BCUT2D eigenvalue weighted by Gasteiger charge is -2.11. The van der Waals surface area contributed by atoms with Gasteiger partial charge in [0.25, 0.3) is 5.56 Å². The molecule has 0 N–H and O–H groups in total. The van der Waals surface area contributed by atoms with Crippen molar-refractivity contribution in [2.75, 3.05) is 7.11 Å². The molecule has 0 amide bonds. The summed E-state index contributed by atoms with van der Waals surface area (Å²) in [6.07, 6.45) is 0. The lowest BCUT2D eigenvalue weighted by molar-refractivity contribution is 0.414.